The highest BCUT2D eigenvalue weighted by Crippen LogP contribution is 2.41. The fourth-order valence-electron chi connectivity index (χ4n) is 3.76. The summed E-state index contributed by atoms with van der Waals surface area (Å²) in [6, 6.07) is 0. The highest BCUT2D eigenvalue weighted by Gasteiger charge is 2.48. The summed E-state index contributed by atoms with van der Waals surface area (Å²) < 4.78 is 0. The summed E-state index contributed by atoms with van der Waals surface area (Å²) in [6.07, 6.45) is 5.91. The van der Waals surface area contributed by atoms with Gasteiger partial charge in [-0.3, -0.25) is 14.6 Å². The average Bonchev–Trinajstić information content (AvgIpc) is 3.29. The Labute approximate surface area is 149 Å². The van der Waals surface area contributed by atoms with E-state index in [1.165, 1.54) is 12.4 Å². The van der Waals surface area contributed by atoms with E-state index in [-0.39, 0.29) is 17.2 Å². The Balaban J connectivity index is 1.43. The molecule has 4 heterocycles. The molecule has 0 aliphatic carbocycles. The Hall–Kier alpha value is -2.35. The lowest BCUT2D eigenvalue weighted by Crippen LogP contribution is -2.34. The number of hydrogen-bond donors (Lipinski definition) is 0. The van der Waals surface area contributed by atoms with Crippen LogP contribution in [-0.4, -0.2) is 56.2 Å². The van der Waals surface area contributed by atoms with E-state index in [9.17, 15) is 9.59 Å². The van der Waals surface area contributed by atoms with Gasteiger partial charge >= 0.3 is 0 Å². The Morgan fingerprint density at radius 2 is 2.24 bits per heavy atom. The number of nitrogens with zero attached hydrogens (tertiary/aromatic N) is 5. The molecule has 1 spiro atoms. The van der Waals surface area contributed by atoms with Gasteiger partial charge in [-0.15, -0.1) is 11.3 Å². The van der Waals surface area contributed by atoms with Crippen LogP contribution in [0, 0.1) is 12.3 Å². The SMILES string of the molecule is Cc1nc(CN2C[C@@]3(CCN(C(=O)c4cnccn4)C3)CC2=O)cs1. The monoisotopic (exact) mass is 357 g/mol. The van der Waals surface area contributed by atoms with Crippen molar-refractivity contribution in [3.05, 3.63) is 40.4 Å². The molecule has 8 heteroatoms. The van der Waals surface area contributed by atoms with E-state index in [4.69, 9.17) is 0 Å². The van der Waals surface area contributed by atoms with Crippen molar-refractivity contribution in [3.8, 4) is 0 Å². The Bertz CT molecular complexity index is 808. The van der Waals surface area contributed by atoms with Gasteiger partial charge in [0.05, 0.1) is 23.4 Å². The minimum Gasteiger partial charge on any atom is -0.337 e. The molecular formula is C17H19N5O2S. The minimum atomic E-state index is -0.139. The summed E-state index contributed by atoms with van der Waals surface area (Å²) in [5.41, 5.74) is 1.16. The smallest absolute Gasteiger partial charge is 0.274 e. The molecule has 0 radical (unpaired) electrons. The van der Waals surface area contributed by atoms with E-state index in [0.29, 0.717) is 38.3 Å². The van der Waals surface area contributed by atoms with Gasteiger partial charge in [-0.2, -0.15) is 0 Å². The molecule has 4 rings (SSSR count). The second-order valence-electron chi connectivity index (χ2n) is 6.85. The molecule has 0 saturated carbocycles. The molecule has 2 aliphatic rings. The van der Waals surface area contributed by atoms with Crippen LogP contribution in [0.2, 0.25) is 0 Å². The van der Waals surface area contributed by atoms with E-state index in [1.807, 2.05) is 17.2 Å². The lowest BCUT2D eigenvalue weighted by atomic mass is 9.86. The first-order chi connectivity index (χ1) is 12.0. The molecule has 2 fully saturated rings. The average molecular weight is 357 g/mol. The number of carbonyl (C=O) groups is 2. The van der Waals surface area contributed by atoms with Crippen LogP contribution in [0.15, 0.2) is 24.0 Å². The van der Waals surface area contributed by atoms with Crippen LogP contribution in [0.1, 0.15) is 34.0 Å². The van der Waals surface area contributed by atoms with Gasteiger partial charge in [0.2, 0.25) is 5.91 Å². The van der Waals surface area contributed by atoms with Crippen LogP contribution in [-0.2, 0) is 11.3 Å². The van der Waals surface area contributed by atoms with Gasteiger partial charge in [0.15, 0.2) is 0 Å². The van der Waals surface area contributed by atoms with Crippen molar-refractivity contribution < 1.29 is 9.59 Å². The first kappa shape index (κ1) is 16.1. The molecule has 2 saturated heterocycles. The highest BCUT2D eigenvalue weighted by molar-refractivity contribution is 7.09. The van der Waals surface area contributed by atoms with Gasteiger partial charge in [0, 0.05) is 49.2 Å². The van der Waals surface area contributed by atoms with Gasteiger partial charge in [0.1, 0.15) is 5.69 Å². The summed E-state index contributed by atoms with van der Waals surface area (Å²) >= 11 is 1.60. The van der Waals surface area contributed by atoms with Crippen LogP contribution >= 0.6 is 11.3 Å². The fourth-order valence-corrected chi connectivity index (χ4v) is 4.36. The summed E-state index contributed by atoms with van der Waals surface area (Å²) in [7, 11) is 0. The zero-order valence-corrected chi connectivity index (χ0v) is 14.8. The van der Waals surface area contributed by atoms with Crippen molar-refractivity contribution >= 4 is 23.2 Å². The van der Waals surface area contributed by atoms with Crippen molar-refractivity contribution in [1.82, 2.24) is 24.8 Å². The lowest BCUT2D eigenvalue weighted by Gasteiger charge is -2.23. The molecule has 2 aliphatic heterocycles. The van der Waals surface area contributed by atoms with Crippen LogP contribution in [0.5, 0.6) is 0 Å². The number of rotatable bonds is 3. The van der Waals surface area contributed by atoms with Crippen molar-refractivity contribution in [1.29, 1.82) is 0 Å². The first-order valence-electron chi connectivity index (χ1n) is 8.29. The number of amides is 2. The molecule has 130 valence electrons. The van der Waals surface area contributed by atoms with Crippen molar-refractivity contribution in [2.24, 2.45) is 5.41 Å². The molecule has 0 N–H and O–H groups in total. The van der Waals surface area contributed by atoms with Crippen molar-refractivity contribution in [2.45, 2.75) is 26.3 Å². The Morgan fingerprint density at radius 3 is 2.96 bits per heavy atom. The maximum absolute atomic E-state index is 12.6. The van der Waals surface area contributed by atoms with E-state index >= 15 is 0 Å². The predicted molar refractivity (Wildman–Crippen MR) is 91.9 cm³/mol. The summed E-state index contributed by atoms with van der Waals surface area (Å²) in [6.45, 7) is 4.47. The molecule has 1 atom stereocenters. The number of aryl methyl sites for hydroxylation is 1. The molecule has 25 heavy (non-hydrogen) atoms. The predicted octanol–water partition coefficient (Wildman–Crippen LogP) is 1.51. The zero-order valence-electron chi connectivity index (χ0n) is 14.0. The lowest BCUT2D eigenvalue weighted by molar-refractivity contribution is -0.128. The topological polar surface area (TPSA) is 79.3 Å². The molecular weight excluding hydrogens is 338 g/mol. The normalized spacial score (nSPS) is 23.0. The number of hydrogen-bond acceptors (Lipinski definition) is 6. The summed E-state index contributed by atoms with van der Waals surface area (Å²) in [5.74, 6) is 0.0467. The van der Waals surface area contributed by atoms with Gasteiger partial charge in [-0.25, -0.2) is 9.97 Å². The standard InChI is InChI=1S/C17H19N5O2S/c1-12-20-13(9-25-12)8-22-11-17(6-15(22)23)2-5-21(10-17)16(24)14-7-18-3-4-19-14/h3-4,7,9H,2,5-6,8,10-11H2,1H3/t17-/m0/s1. The summed E-state index contributed by atoms with van der Waals surface area (Å²) in [4.78, 5) is 41.2. The molecule has 0 bridgehead atoms. The van der Waals surface area contributed by atoms with Gasteiger partial charge in [-0.05, 0) is 13.3 Å². The van der Waals surface area contributed by atoms with E-state index in [0.717, 1.165) is 17.1 Å². The fraction of sp³-hybridized carbons (Fsp3) is 0.471. The number of likely N-dealkylation sites (tertiary alicyclic amines) is 2. The van der Waals surface area contributed by atoms with Crippen LogP contribution in [0.25, 0.3) is 0 Å². The molecule has 2 aromatic heterocycles. The van der Waals surface area contributed by atoms with Gasteiger partial charge in [-0.1, -0.05) is 0 Å². The van der Waals surface area contributed by atoms with E-state index in [1.54, 1.807) is 22.4 Å². The number of thiazole rings is 1. The van der Waals surface area contributed by atoms with Gasteiger partial charge < -0.3 is 9.80 Å². The quantitative estimate of drug-likeness (QED) is 0.832. The van der Waals surface area contributed by atoms with E-state index in [2.05, 4.69) is 15.0 Å². The van der Waals surface area contributed by atoms with Crippen LogP contribution < -0.4 is 0 Å². The van der Waals surface area contributed by atoms with E-state index < -0.39 is 0 Å². The number of carbonyl (C=O) groups excluding carboxylic acids is 2. The maximum atomic E-state index is 12.6. The Kier molecular flexibility index (Phi) is 3.99. The largest absolute Gasteiger partial charge is 0.337 e. The van der Waals surface area contributed by atoms with Gasteiger partial charge in [0.25, 0.3) is 5.91 Å². The van der Waals surface area contributed by atoms with Crippen molar-refractivity contribution in [3.63, 3.8) is 0 Å². The third-order valence-electron chi connectivity index (χ3n) is 4.93. The maximum Gasteiger partial charge on any atom is 0.274 e. The number of aromatic nitrogens is 3. The molecule has 2 aromatic rings. The summed E-state index contributed by atoms with van der Waals surface area (Å²) in [5, 5.41) is 3.02. The molecule has 7 nitrogen and oxygen atoms in total. The van der Waals surface area contributed by atoms with Crippen LogP contribution in [0.4, 0.5) is 0 Å². The first-order valence-corrected chi connectivity index (χ1v) is 9.17. The third kappa shape index (κ3) is 3.13. The zero-order chi connectivity index (χ0) is 17.4. The van der Waals surface area contributed by atoms with Crippen molar-refractivity contribution in [2.75, 3.05) is 19.6 Å². The molecule has 0 aromatic carbocycles. The minimum absolute atomic E-state index is 0.106. The molecule has 0 unspecified atom stereocenters. The Morgan fingerprint density at radius 1 is 1.36 bits per heavy atom. The second kappa shape index (κ2) is 6.18. The molecule has 2 amide bonds. The third-order valence-corrected chi connectivity index (χ3v) is 5.75. The second-order valence-corrected chi connectivity index (χ2v) is 7.91. The highest BCUT2D eigenvalue weighted by atomic mass is 32.1. The van der Waals surface area contributed by atoms with Crippen LogP contribution in [0.3, 0.4) is 0 Å².